The zero-order chi connectivity index (χ0) is 12.2. The minimum absolute atomic E-state index is 0.139. The van der Waals surface area contributed by atoms with E-state index < -0.39 is 0 Å². The Balaban J connectivity index is 3.30. The van der Waals surface area contributed by atoms with Gasteiger partial charge in [0.05, 0.1) is 0 Å². The summed E-state index contributed by atoms with van der Waals surface area (Å²) in [6.07, 6.45) is 3.77. The van der Waals surface area contributed by atoms with Crippen LogP contribution in [0, 0.1) is 0 Å². The molecule has 96 valence electrons. The summed E-state index contributed by atoms with van der Waals surface area (Å²) in [7, 11) is 1.71. The molecule has 0 heterocycles. The number of ether oxygens (including phenoxy) is 1. The number of amides is 1. The third-order valence-electron chi connectivity index (χ3n) is 2.39. The summed E-state index contributed by atoms with van der Waals surface area (Å²) in [5.41, 5.74) is 0. The first-order valence-corrected chi connectivity index (χ1v) is 6.19. The first-order valence-electron chi connectivity index (χ1n) is 6.19. The molecule has 0 aromatic carbocycles. The molecule has 0 aliphatic rings. The van der Waals surface area contributed by atoms with E-state index in [1.54, 1.807) is 7.11 Å². The highest BCUT2D eigenvalue weighted by atomic mass is 16.5. The van der Waals surface area contributed by atoms with E-state index >= 15 is 0 Å². The number of rotatable bonds is 10. The molecule has 0 saturated carbocycles. The molecule has 2 N–H and O–H groups in total. The fourth-order valence-electron chi connectivity index (χ4n) is 1.55. The average Bonchev–Trinajstić information content (AvgIpc) is 2.23. The number of unbranched alkanes of at least 4 members (excludes halogenated alkanes) is 2. The molecule has 4 nitrogen and oxygen atoms in total. The van der Waals surface area contributed by atoms with E-state index in [4.69, 9.17) is 4.74 Å². The summed E-state index contributed by atoms with van der Waals surface area (Å²) < 4.78 is 4.95. The predicted molar refractivity (Wildman–Crippen MR) is 66.5 cm³/mol. The molecule has 0 bridgehead atoms. The standard InChI is InChI=1S/C12H26N2O2/c1-4-13-11(2)10-12(15)14-8-6-5-7-9-16-3/h11,13H,4-10H2,1-3H3,(H,14,15). The van der Waals surface area contributed by atoms with Gasteiger partial charge in [0.25, 0.3) is 0 Å². The zero-order valence-corrected chi connectivity index (χ0v) is 10.8. The molecule has 0 rings (SSSR count). The Morgan fingerprint density at radius 1 is 1.31 bits per heavy atom. The van der Waals surface area contributed by atoms with Crippen LogP contribution in [0.2, 0.25) is 0 Å². The molecule has 0 radical (unpaired) electrons. The van der Waals surface area contributed by atoms with Gasteiger partial charge in [-0.25, -0.2) is 0 Å². The number of hydrogen-bond acceptors (Lipinski definition) is 3. The summed E-state index contributed by atoms with van der Waals surface area (Å²) in [4.78, 5) is 11.4. The summed E-state index contributed by atoms with van der Waals surface area (Å²) in [5.74, 6) is 0.139. The van der Waals surface area contributed by atoms with Gasteiger partial charge in [-0.1, -0.05) is 6.92 Å². The van der Waals surface area contributed by atoms with Crippen LogP contribution < -0.4 is 10.6 Å². The minimum Gasteiger partial charge on any atom is -0.385 e. The van der Waals surface area contributed by atoms with Crippen LogP contribution in [0.25, 0.3) is 0 Å². The second kappa shape index (κ2) is 10.9. The van der Waals surface area contributed by atoms with Gasteiger partial charge in [0.1, 0.15) is 0 Å². The largest absolute Gasteiger partial charge is 0.385 e. The van der Waals surface area contributed by atoms with E-state index in [1.807, 2.05) is 13.8 Å². The van der Waals surface area contributed by atoms with Gasteiger partial charge in [-0.05, 0) is 32.7 Å². The minimum atomic E-state index is 0.139. The monoisotopic (exact) mass is 230 g/mol. The normalized spacial score (nSPS) is 12.4. The van der Waals surface area contributed by atoms with E-state index in [-0.39, 0.29) is 11.9 Å². The maximum absolute atomic E-state index is 11.4. The van der Waals surface area contributed by atoms with Crippen molar-refractivity contribution in [1.82, 2.24) is 10.6 Å². The molecule has 1 atom stereocenters. The third-order valence-corrected chi connectivity index (χ3v) is 2.39. The van der Waals surface area contributed by atoms with E-state index in [0.29, 0.717) is 6.42 Å². The van der Waals surface area contributed by atoms with Crippen LogP contribution in [0.15, 0.2) is 0 Å². The summed E-state index contributed by atoms with van der Waals surface area (Å²) in [5, 5.41) is 6.15. The van der Waals surface area contributed by atoms with Crippen molar-refractivity contribution in [3.8, 4) is 0 Å². The molecule has 1 amide bonds. The highest BCUT2D eigenvalue weighted by Crippen LogP contribution is 1.95. The maximum atomic E-state index is 11.4. The van der Waals surface area contributed by atoms with Gasteiger partial charge in [0.2, 0.25) is 5.91 Å². The van der Waals surface area contributed by atoms with Gasteiger partial charge in [0.15, 0.2) is 0 Å². The van der Waals surface area contributed by atoms with Crippen molar-refractivity contribution in [1.29, 1.82) is 0 Å². The third kappa shape index (κ3) is 9.93. The lowest BCUT2D eigenvalue weighted by Crippen LogP contribution is -2.34. The highest BCUT2D eigenvalue weighted by molar-refractivity contribution is 5.76. The number of carbonyl (C=O) groups excluding carboxylic acids is 1. The van der Waals surface area contributed by atoms with E-state index in [0.717, 1.165) is 39.0 Å². The lowest BCUT2D eigenvalue weighted by atomic mass is 10.2. The number of carbonyl (C=O) groups is 1. The second-order valence-electron chi connectivity index (χ2n) is 4.07. The smallest absolute Gasteiger partial charge is 0.221 e. The molecule has 0 aromatic rings. The van der Waals surface area contributed by atoms with Gasteiger partial charge in [-0.15, -0.1) is 0 Å². The summed E-state index contributed by atoms with van der Waals surface area (Å²) >= 11 is 0. The van der Waals surface area contributed by atoms with Gasteiger partial charge in [-0.2, -0.15) is 0 Å². The van der Waals surface area contributed by atoms with Crippen molar-refractivity contribution in [3.63, 3.8) is 0 Å². The summed E-state index contributed by atoms with van der Waals surface area (Å²) in [6.45, 7) is 6.57. The Kier molecular flexibility index (Phi) is 10.5. The number of nitrogens with one attached hydrogen (secondary N) is 2. The van der Waals surface area contributed by atoms with Gasteiger partial charge in [-0.3, -0.25) is 4.79 Å². The van der Waals surface area contributed by atoms with Crippen LogP contribution in [-0.2, 0) is 9.53 Å². The topological polar surface area (TPSA) is 50.4 Å². The first kappa shape index (κ1) is 15.4. The summed E-state index contributed by atoms with van der Waals surface area (Å²) in [6, 6.07) is 0.262. The maximum Gasteiger partial charge on any atom is 0.221 e. The predicted octanol–water partition coefficient (Wildman–Crippen LogP) is 1.31. The molecule has 0 aliphatic carbocycles. The number of hydrogen-bond donors (Lipinski definition) is 2. The molecule has 4 heteroatoms. The van der Waals surface area contributed by atoms with Crippen molar-refractivity contribution < 1.29 is 9.53 Å². The molecular formula is C12H26N2O2. The first-order chi connectivity index (χ1) is 7.70. The number of methoxy groups -OCH3 is 1. The van der Waals surface area contributed by atoms with Crippen LogP contribution >= 0.6 is 0 Å². The molecule has 0 saturated heterocycles. The molecule has 0 spiro atoms. The van der Waals surface area contributed by atoms with Crippen molar-refractivity contribution in [2.24, 2.45) is 0 Å². The Bertz CT molecular complexity index is 174. The Morgan fingerprint density at radius 2 is 2.06 bits per heavy atom. The lowest BCUT2D eigenvalue weighted by molar-refractivity contribution is -0.121. The Hall–Kier alpha value is -0.610. The molecule has 0 fully saturated rings. The highest BCUT2D eigenvalue weighted by Gasteiger charge is 2.06. The van der Waals surface area contributed by atoms with Crippen molar-refractivity contribution in [2.45, 2.75) is 45.6 Å². The molecule has 16 heavy (non-hydrogen) atoms. The Morgan fingerprint density at radius 3 is 2.69 bits per heavy atom. The molecular weight excluding hydrogens is 204 g/mol. The van der Waals surface area contributed by atoms with E-state index in [2.05, 4.69) is 10.6 Å². The van der Waals surface area contributed by atoms with Crippen LogP contribution in [0.5, 0.6) is 0 Å². The van der Waals surface area contributed by atoms with Crippen LogP contribution in [-0.4, -0.2) is 38.8 Å². The quantitative estimate of drug-likeness (QED) is 0.556. The fourth-order valence-corrected chi connectivity index (χ4v) is 1.55. The van der Waals surface area contributed by atoms with Crippen molar-refractivity contribution in [3.05, 3.63) is 0 Å². The van der Waals surface area contributed by atoms with Gasteiger partial charge < -0.3 is 15.4 Å². The molecule has 1 unspecified atom stereocenters. The molecule has 0 aliphatic heterocycles. The average molecular weight is 230 g/mol. The van der Waals surface area contributed by atoms with E-state index in [9.17, 15) is 4.79 Å². The SMILES string of the molecule is CCNC(C)CC(=O)NCCCCCOC. The van der Waals surface area contributed by atoms with Crippen molar-refractivity contribution >= 4 is 5.91 Å². The molecule has 0 aromatic heterocycles. The van der Waals surface area contributed by atoms with Crippen LogP contribution in [0.3, 0.4) is 0 Å². The van der Waals surface area contributed by atoms with Crippen LogP contribution in [0.1, 0.15) is 39.5 Å². The fraction of sp³-hybridized carbons (Fsp3) is 0.917. The van der Waals surface area contributed by atoms with Gasteiger partial charge >= 0.3 is 0 Å². The van der Waals surface area contributed by atoms with Crippen molar-refractivity contribution in [2.75, 3.05) is 26.8 Å². The lowest BCUT2D eigenvalue weighted by Gasteiger charge is -2.11. The zero-order valence-electron chi connectivity index (χ0n) is 10.8. The van der Waals surface area contributed by atoms with E-state index in [1.165, 1.54) is 0 Å². The van der Waals surface area contributed by atoms with Crippen LogP contribution in [0.4, 0.5) is 0 Å². The second-order valence-corrected chi connectivity index (χ2v) is 4.07. The van der Waals surface area contributed by atoms with Gasteiger partial charge in [0, 0.05) is 32.7 Å². The Labute approximate surface area is 99.1 Å².